The van der Waals surface area contributed by atoms with Gasteiger partial charge in [-0.15, -0.1) is 0 Å². The summed E-state index contributed by atoms with van der Waals surface area (Å²) in [6.07, 6.45) is 1.53. The molecule has 0 heterocycles. The van der Waals surface area contributed by atoms with Gasteiger partial charge in [0.15, 0.2) is 0 Å². The molecule has 1 N–H and O–H groups in total. The molecule has 0 spiro atoms. The number of aryl methyl sites for hydroxylation is 1. The Bertz CT molecular complexity index is 1300. The summed E-state index contributed by atoms with van der Waals surface area (Å²) in [5, 5.41) is 3.16. The van der Waals surface area contributed by atoms with Gasteiger partial charge in [-0.2, -0.15) is 0 Å². The number of carbonyl (C=O) groups is 2. The van der Waals surface area contributed by atoms with Crippen LogP contribution in [0, 0.1) is 6.92 Å². The van der Waals surface area contributed by atoms with Crippen molar-refractivity contribution >= 4 is 11.8 Å². The molecular weight excluding hydrogens is 492 g/mol. The number of benzene rings is 4. The predicted molar refractivity (Wildman–Crippen MR) is 163 cm³/mol. The maximum atomic E-state index is 14.4. The molecule has 0 unspecified atom stereocenters. The van der Waals surface area contributed by atoms with Crippen molar-refractivity contribution in [2.24, 2.45) is 0 Å². The van der Waals surface area contributed by atoms with Gasteiger partial charge >= 0.3 is 0 Å². The molecule has 4 rings (SSSR count). The van der Waals surface area contributed by atoms with Crippen molar-refractivity contribution in [3.8, 4) is 0 Å². The number of carbonyl (C=O) groups excluding carboxylic acids is 2. The lowest BCUT2D eigenvalue weighted by Crippen LogP contribution is -2.52. The third-order valence-electron chi connectivity index (χ3n) is 7.53. The second kappa shape index (κ2) is 14.3. The van der Waals surface area contributed by atoms with Crippen molar-refractivity contribution in [1.29, 1.82) is 0 Å². The quantitative estimate of drug-likeness (QED) is 0.212. The molecule has 4 aromatic carbocycles. The lowest BCUT2D eigenvalue weighted by atomic mass is 9.87. The molecular formula is C36H40N2O2. The van der Waals surface area contributed by atoms with E-state index in [-0.39, 0.29) is 30.2 Å². The molecule has 4 aromatic rings. The molecule has 0 aromatic heterocycles. The maximum Gasteiger partial charge on any atom is 0.243 e. The van der Waals surface area contributed by atoms with E-state index in [4.69, 9.17) is 0 Å². The van der Waals surface area contributed by atoms with E-state index in [0.29, 0.717) is 13.0 Å². The molecule has 0 fully saturated rings. The van der Waals surface area contributed by atoms with E-state index in [1.54, 1.807) is 4.90 Å². The van der Waals surface area contributed by atoms with Gasteiger partial charge < -0.3 is 10.2 Å². The van der Waals surface area contributed by atoms with Gasteiger partial charge in [-0.1, -0.05) is 128 Å². The first-order chi connectivity index (χ1) is 19.4. The smallest absolute Gasteiger partial charge is 0.243 e. The highest BCUT2D eigenvalue weighted by molar-refractivity contribution is 5.88. The molecule has 40 heavy (non-hydrogen) atoms. The summed E-state index contributed by atoms with van der Waals surface area (Å²) < 4.78 is 0. The van der Waals surface area contributed by atoms with Crippen LogP contribution in [0.15, 0.2) is 115 Å². The Balaban J connectivity index is 1.73. The summed E-state index contributed by atoms with van der Waals surface area (Å²) in [6, 6.07) is 37.9. The molecule has 0 saturated carbocycles. The SMILES string of the molecule is CC[C@@H](C)NC(=O)[C@@H](Cc1ccccc1)N(Cc1ccc(C)cc1)C(=O)CC(c1ccccc1)c1ccccc1. The van der Waals surface area contributed by atoms with E-state index in [0.717, 1.165) is 34.2 Å². The first-order valence-corrected chi connectivity index (χ1v) is 14.2. The topological polar surface area (TPSA) is 49.4 Å². The van der Waals surface area contributed by atoms with Crippen LogP contribution in [0.5, 0.6) is 0 Å². The van der Waals surface area contributed by atoms with Crippen LogP contribution in [0.2, 0.25) is 0 Å². The highest BCUT2D eigenvalue weighted by atomic mass is 16.2. The van der Waals surface area contributed by atoms with Crippen LogP contribution in [-0.2, 0) is 22.6 Å². The minimum absolute atomic E-state index is 0.0171. The van der Waals surface area contributed by atoms with Crippen molar-refractivity contribution in [3.63, 3.8) is 0 Å². The summed E-state index contributed by atoms with van der Waals surface area (Å²) >= 11 is 0. The number of hydrogen-bond acceptors (Lipinski definition) is 2. The molecule has 0 aliphatic heterocycles. The predicted octanol–water partition coefficient (Wildman–Crippen LogP) is 7.07. The van der Waals surface area contributed by atoms with Gasteiger partial charge in [-0.3, -0.25) is 9.59 Å². The number of amides is 2. The first kappa shape index (κ1) is 28.8. The third-order valence-corrected chi connectivity index (χ3v) is 7.53. The van der Waals surface area contributed by atoms with E-state index in [9.17, 15) is 9.59 Å². The van der Waals surface area contributed by atoms with Gasteiger partial charge in [-0.05, 0) is 42.5 Å². The van der Waals surface area contributed by atoms with Gasteiger partial charge in [0, 0.05) is 31.3 Å². The van der Waals surface area contributed by atoms with Gasteiger partial charge in [0.2, 0.25) is 11.8 Å². The highest BCUT2D eigenvalue weighted by Crippen LogP contribution is 2.30. The Morgan fingerprint density at radius 1 is 0.725 bits per heavy atom. The van der Waals surface area contributed by atoms with Crippen LogP contribution >= 0.6 is 0 Å². The van der Waals surface area contributed by atoms with Gasteiger partial charge in [0.25, 0.3) is 0 Å². The fourth-order valence-electron chi connectivity index (χ4n) is 4.98. The van der Waals surface area contributed by atoms with E-state index >= 15 is 0 Å². The molecule has 0 aliphatic rings. The second-order valence-electron chi connectivity index (χ2n) is 10.6. The minimum Gasteiger partial charge on any atom is -0.352 e. The Kier molecular flexibility index (Phi) is 10.3. The van der Waals surface area contributed by atoms with Crippen LogP contribution in [0.25, 0.3) is 0 Å². The van der Waals surface area contributed by atoms with Crippen molar-refractivity contribution < 1.29 is 9.59 Å². The summed E-state index contributed by atoms with van der Waals surface area (Å²) in [4.78, 5) is 30.0. The molecule has 2 amide bonds. The molecule has 4 heteroatoms. The average Bonchev–Trinajstić information content (AvgIpc) is 2.99. The van der Waals surface area contributed by atoms with Crippen LogP contribution in [0.3, 0.4) is 0 Å². The van der Waals surface area contributed by atoms with Crippen molar-refractivity contribution in [2.45, 2.75) is 64.6 Å². The van der Waals surface area contributed by atoms with E-state index in [1.165, 1.54) is 0 Å². The molecule has 4 nitrogen and oxygen atoms in total. The summed E-state index contributed by atoms with van der Waals surface area (Å²) in [6.45, 7) is 6.47. The Hall–Kier alpha value is -4.18. The third kappa shape index (κ3) is 7.92. The Morgan fingerprint density at radius 3 is 1.77 bits per heavy atom. The maximum absolute atomic E-state index is 14.4. The molecule has 206 valence electrons. The standard InChI is InChI=1S/C36H40N2O2/c1-4-28(3)37-36(40)34(24-29-14-8-5-9-15-29)38(26-30-22-20-27(2)21-23-30)35(39)25-33(31-16-10-6-11-17-31)32-18-12-7-13-19-32/h5-23,28,33-34H,4,24-26H2,1-3H3,(H,37,40)/t28-,34-/m1/s1. The molecule has 0 aliphatic carbocycles. The van der Waals surface area contributed by atoms with Crippen molar-refractivity contribution in [3.05, 3.63) is 143 Å². The first-order valence-electron chi connectivity index (χ1n) is 14.2. The average molecular weight is 533 g/mol. The van der Waals surface area contributed by atoms with Crippen LogP contribution in [0.1, 0.15) is 60.4 Å². The fourth-order valence-corrected chi connectivity index (χ4v) is 4.98. The second-order valence-corrected chi connectivity index (χ2v) is 10.6. The largest absolute Gasteiger partial charge is 0.352 e. The summed E-state index contributed by atoms with van der Waals surface area (Å²) in [7, 11) is 0. The Labute approximate surface area is 239 Å². The molecule has 0 radical (unpaired) electrons. The summed E-state index contributed by atoms with van der Waals surface area (Å²) in [5.41, 5.74) is 5.35. The normalized spacial score (nSPS) is 12.5. The van der Waals surface area contributed by atoms with Gasteiger partial charge in [0.05, 0.1) is 0 Å². The van der Waals surface area contributed by atoms with Crippen LogP contribution in [-0.4, -0.2) is 28.8 Å². The lowest BCUT2D eigenvalue weighted by Gasteiger charge is -2.33. The van der Waals surface area contributed by atoms with Crippen LogP contribution in [0.4, 0.5) is 0 Å². The van der Waals surface area contributed by atoms with Crippen molar-refractivity contribution in [2.75, 3.05) is 0 Å². The van der Waals surface area contributed by atoms with E-state index < -0.39 is 6.04 Å². The fraction of sp³-hybridized carbons (Fsp3) is 0.278. The molecule has 0 bridgehead atoms. The van der Waals surface area contributed by atoms with Crippen molar-refractivity contribution in [1.82, 2.24) is 10.2 Å². The van der Waals surface area contributed by atoms with E-state index in [1.807, 2.05) is 85.8 Å². The zero-order valence-corrected chi connectivity index (χ0v) is 23.8. The van der Waals surface area contributed by atoms with Gasteiger partial charge in [-0.25, -0.2) is 0 Å². The summed E-state index contributed by atoms with van der Waals surface area (Å²) in [5.74, 6) is -0.279. The zero-order valence-electron chi connectivity index (χ0n) is 23.8. The Morgan fingerprint density at radius 2 is 1.25 bits per heavy atom. The molecule has 0 saturated heterocycles. The van der Waals surface area contributed by atoms with E-state index in [2.05, 4.69) is 55.6 Å². The van der Waals surface area contributed by atoms with Gasteiger partial charge in [0.1, 0.15) is 6.04 Å². The number of hydrogen-bond donors (Lipinski definition) is 1. The zero-order chi connectivity index (χ0) is 28.3. The van der Waals surface area contributed by atoms with Crippen LogP contribution < -0.4 is 5.32 Å². The number of nitrogens with one attached hydrogen (secondary N) is 1. The monoisotopic (exact) mass is 532 g/mol. The number of rotatable bonds is 12. The lowest BCUT2D eigenvalue weighted by molar-refractivity contribution is -0.141. The number of nitrogens with zero attached hydrogens (tertiary/aromatic N) is 1. The minimum atomic E-state index is -0.641. The molecule has 2 atom stereocenters. The highest BCUT2D eigenvalue weighted by Gasteiger charge is 2.32.